The van der Waals surface area contributed by atoms with E-state index in [1.807, 2.05) is 0 Å². The van der Waals surface area contributed by atoms with Crippen LogP contribution < -0.4 is 0 Å². The third kappa shape index (κ3) is 1.73. The molecule has 0 aromatic rings. The largest absolute Gasteiger partial charge is 0.299 e. The molecule has 8 unspecified atom stereocenters. The summed E-state index contributed by atoms with van der Waals surface area (Å²) in [5, 5.41) is 0. The standard InChI is InChI=1S/C20H28O2/c21-19-13-7-3-1-5-11(13)15-9-16-12-6-2-4-8-14(12)20(22)18(16)10-17(15)19/h11-18H,1-10H2. The minimum Gasteiger partial charge on any atom is -0.299 e. The van der Waals surface area contributed by atoms with Crippen LogP contribution in [0.25, 0.3) is 0 Å². The Morgan fingerprint density at radius 3 is 1.45 bits per heavy atom. The minimum atomic E-state index is 0.262. The second-order valence-corrected chi connectivity index (χ2v) is 8.93. The summed E-state index contributed by atoms with van der Waals surface area (Å²) in [6, 6.07) is 0. The summed E-state index contributed by atoms with van der Waals surface area (Å²) in [5.41, 5.74) is 0. The van der Waals surface area contributed by atoms with Gasteiger partial charge in [0, 0.05) is 23.7 Å². The van der Waals surface area contributed by atoms with E-state index in [-0.39, 0.29) is 11.8 Å². The first kappa shape index (κ1) is 13.7. The first-order valence-electron chi connectivity index (χ1n) is 9.83. The van der Waals surface area contributed by atoms with Gasteiger partial charge in [0.15, 0.2) is 0 Å². The Kier molecular flexibility index (Phi) is 3.07. The van der Waals surface area contributed by atoms with Crippen LogP contribution in [-0.4, -0.2) is 11.6 Å². The molecule has 0 N–H and O–H groups in total. The third-order valence-electron chi connectivity index (χ3n) is 8.29. The molecule has 5 fully saturated rings. The van der Waals surface area contributed by atoms with Gasteiger partial charge in [-0.25, -0.2) is 0 Å². The number of Topliss-reactive ketones (excluding diaryl/α,β-unsaturated/α-hetero) is 2. The van der Waals surface area contributed by atoms with Gasteiger partial charge in [0.05, 0.1) is 0 Å². The molecule has 0 amide bonds. The van der Waals surface area contributed by atoms with E-state index >= 15 is 0 Å². The van der Waals surface area contributed by atoms with Gasteiger partial charge in [0.1, 0.15) is 11.6 Å². The quantitative estimate of drug-likeness (QED) is 0.677. The number of hydrogen-bond donors (Lipinski definition) is 0. The second kappa shape index (κ2) is 4.92. The van der Waals surface area contributed by atoms with Gasteiger partial charge in [-0.05, 0) is 62.2 Å². The highest BCUT2D eigenvalue weighted by Gasteiger charge is 2.60. The molecule has 2 heteroatoms. The van der Waals surface area contributed by atoms with Crippen LogP contribution in [0.3, 0.4) is 0 Å². The fourth-order valence-electron chi connectivity index (χ4n) is 7.47. The zero-order chi connectivity index (χ0) is 14.8. The highest BCUT2D eigenvalue weighted by Crippen LogP contribution is 2.60. The molecule has 0 aliphatic heterocycles. The summed E-state index contributed by atoms with van der Waals surface area (Å²) in [6.45, 7) is 0. The topological polar surface area (TPSA) is 34.1 Å². The molecule has 5 saturated carbocycles. The molecule has 0 heterocycles. The fraction of sp³-hybridized carbons (Fsp3) is 0.900. The molecule has 22 heavy (non-hydrogen) atoms. The predicted octanol–water partition coefficient (Wildman–Crippen LogP) is 4.02. The molecule has 0 radical (unpaired) electrons. The first-order chi connectivity index (χ1) is 10.8. The van der Waals surface area contributed by atoms with E-state index in [0.29, 0.717) is 47.1 Å². The van der Waals surface area contributed by atoms with Crippen molar-refractivity contribution in [2.24, 2.45) is 47.3 Å². The molecular formula is C20H28O2. The van der Waals surface area contributed by atoms with Gasteiger partial charge < -0.3 is 0 Å². The number of ketones is 2. The Morgan fingerprint density at radius 1 is 0.500 bits per heavy atom. The van der Waals surface area contributed by atoms with E-state index in [4.69, 9.17) is 0 Å². The maximum absolute atomic E-state index is 12.9. The average Bonchev–Trinajstić information content (AvgIpc) is 3.01. The highest BCUT2D eigenvalue weighted by atomic mass is 16.1. The number of fused-ring (bicyclic) bond motifs is 6. The van der Waals surface area contributed by atoms with Gasteiger partial charge >= 0.3 is 0 Å². The molecular weight excluding hydrogens is 272 g/mol. The summed E-state index contributed by atoms with van der Waals surface area (Å²) < 4.78 is 0. The summed E-state index contributed by atoms with van der Waals surface area (Å²) in [5.74, 6) is 5.07. The van der Waals surface area contributed by atoms with Crippen molar-refractivity contribution in [1.82, 2.24) is 0 Å². The number of rotatable bonds is 0. The Labute approximate surface area is 133 Å². The van der Waals surface area contributed by atoms with E-state index in [9.17, 15) is 9.59 Å². The van der Waals surface area contributed by atoms with Gasteiger partial charge in [0.25, 0.3) is 0 Å². The Morgan fingerprint density at radius 2 is 0.955 bits per heavy atom. The van der Waals surface area contributed by atoms with Gasteiger partial charge in [-0.1, -0.05) is 25.7 Å². The van der Waals surface area contributed by atoms with Crippen LogP contribution in [-0.2, 0) is 9.59 Å². The predicted molar refractivity (Wildman–Crippen MR) is 84.1 cm³/mol. The van der Waals surface area contributed by atoms with Crippen molar-refractivity contribution < 1.29 is 9.59 Å². The molecule has 5 aliphatic rings. The second-order valence-electron chi connectivity index (χ2n) is 8.93. The highest BCUT2D eigenvalue weighted by molar-refractivity contribution is 5.90. The Hall–Kier alpha value is -0.660. The number of carbonyl (C=O) groups excluding carboxylic acids is 2. The van der Waals surface area contributed by atoms with Gasteiger partial charge in [-0.3, -0.25) is 9.59 Å². The molecule has 0 saturated heterocycles. The van der Waals surface area contributed by atoms with Crippen LogP contribution in [0.1, 0.15) is 64.2 Å². The van der Waals surface area contributed by atoms with Crippen molar-refractivity contribution in [3.63, 3.8) is 0 Å². The molecule has 5 aliphatic carbocycles. The summed E-state index contributed by atoms with van der Waals surface area (Å²) in [6.07, 6.45) is 12.2. The SMILES string of the molecule is O=C1C2CCCCC2C2CC3C(CC12)C(=O)C1CCCCC13. The zero-order valence-electron chi connectivity index (χ0n) is 13.5. The lowest BCUT2D eigenvalue weighted by Crippen LogP contribution is -2.35. The van der Waals surface area contributed by atoms with Crippen LogP contribution in [0.5, 0.6) is 0 Å². The lowest BCUT2D eigenvalue weighted by atomic mass is 9.64. The van der Waals surface area contributed by atoms with Crippen molar-refractivity contribution in [1.29, 1.82) is 0 Å². The number of carbonyl (C=O) groups is 2. The van der Waals surface area contributed by atoms with Crippen molar-refractivity contribution in [2.75, 3.05) is 0 Å². The Balaban J connectivity index is 1.45. The number of hydrogen-bond acceptors (Lipinski definition) is 2. The van der Waals surface area contributed by atoms with Crippen LogP contribution in [0, 0.1) is 47.3 Å². The summed E-state index contributed by atoms with van der Waals surface area (Å²) in [7, 11) is 0. The zero-order valence-corrected chi connectivity index (χ0v) is 13.5. The fourth-order valence-corrected chi connectivity index (χ4v) is 7.47. The lowest BCUT2D eigenvalue weighted by Gasteiger charge is -2.39. The molecule has 120 valence electrons. The maximum Gasteiger partial charge on any atom is 0.139 e. The van der Waals surface area contributed by atoms with Crippen molar-refractivity contribution in [3.05, 3.63) is 0 Å². The molecule has 0 spiro atoms. The van der Waals surface area contributed by atoms with Gasteiger partial charge in [0.2, 0.25) is 0 Å². The Bertz CT molecular complexity index is 466. The molecule has 2 nitrogen and oxygen atoms in total. The van der Waals surface area contributed by atoms with Crippen LogP contribution in [0.2, 0.25) is 0 Å². The molecule has 0 aromatic carbocycles. The van der Waals surface area contributed by atoms with Gasteiger partial charge in [-0.15, -0.1) is 0 Å². The van der Waals surface area contributed by atoms with Gasteiger partial charge in [-0.2, -0.15) is 0 Å². The monoisotopic (exact) mass is 300 g/mol. The van der Waals surface area contributed by atoms with Crippen LogP contribution in [0.15, 0.2) is 0 Å². The van der Waals surface area contributed by atoms with Crippen molar-refractivity contribution in [2.45, 2.75) is 64.2 Å². The van der Waals surface area contributed by atoms with Crippen LogP contribution in [0.4, 0.5) is 0 Å². The first-order valence-corrected chi connectivity index (χ1v) is 9.83. The van der Waals surface area contributed by atoms with Crippen molar-refractivity contribution in [3.8, 4) is 0 Å². The van der Waals surface area contributed by atoms with E-state index < -0.39 is 0 Å². The van der Waals surface area contributed by atoms with Crippen LogP contribution >= 0.6 is 0 Å². The normalized spacial score (nSPS) is 53.6. The smallest absolute Gasteiger partial charge is 0.139 e. The molecule has 5 rings (SSSR count). The van der Waals surface area contributed by atoms with Crippen molar-refractivity contribution >= 4 is 11.6 Å². The molecule has 0 aromatic heterocycles. The minimum absolute atomic E-state index is 0.262. The summed E-state index contributed by atoms with van der Waals surface area (Å²) >= 11 is 0. The van der Waals surface area contributed by atoms with E-state index in [0.717, 1.165) is 19.3 Å². The molecule has 8 atom stereocenters. The van der Waals surface area contributed by atoms with E-state index in [1.54, 1.807) is 0 Å². The lowest BCUT2D eigenvalue weighted by molar-refractivity contribution is -0.129. The average molecular weight is 300 g/mol. The molecule has 0 bridgehead atoms. The van der Waals surface area contributed by atoms with E-state index in [1.165, 1.54) is 44.9 Å². The third-order valence-corrected chi connectivity index (χ3v) is 8.29. The maximum atomic E-state index is 12.9. The van der Waals surface area contributed by atoms with E-state index in [2.05, 4.69) is 0 Å². The summed E-state index contributed by atoms with van der Waals surface area (Å²) in [4.78, 5) is 25.7.